The molecule has 0 bridgehead atoms. The van der Waals surface area contributed by atoms with Crippen molar-refractivity contribution in [1.82, 2.24) is 0 Å². The fourth-order valence-electron chi connectivity index (χ4n) is 4.40. The highest BCUT2D eigenvalue weighted by molar-refractivity contribution is 6.23. The molecule has 0 aromatic heterocycles. The maximum Gasteiger partial charge on any atom is 0.118 e. The molecule has 112 valence electrons. The smallest absolute Gasteiger partial charge is 0.118 e. The van der Waals surface area contributed by atoms with Gasteiger partial charge in [0.2, 0.25) is 0 Å². The van der Waals surface area contributed by atoms with E-state index in [1.807, 2.05) is 6.07 Å². The fraction of sp³-hybridized carbons (Fsp3) is 0.200. The lowest BCUT2D eigenvalue weighted by atomic mass is 9.81. The Morgan fingerprint density at radius 3 is 2.39 bits per heavy atom. The molecule has 3 heteroatoms. The number of epoxide rings is 1. The van der Waals surface area contributed by atoms with Gasteiger partial charge >= 0.3 is 0 Å². The third-order valence-corrected chi connectivity index (χ3v) is 5.51. The standard InChI is InChI=1S/C20H14O3/c21-17-13-8-11-5-4-9-2-1-3-10-6-7-12(15(11)14(9)10)16(13)19-20(23-19)18(17)22/h1-8,17-22H/t17?,18?,19-,20-/m0/s1. The van der Waals surface area contributed by atoms with Crippen molar-refractivity contribution in [2.75, 3.05) is 0 Å². The van der Waals surface area contributed by atoms with Crippen LogP contribution in [0.1, 0.15) is 23.3 Å². The number of benzene rings is 4. The molecule has 4 aromatic rings. The van der Waals surface area contributed by atoms with E-state index in [0.717, 1.165) is 21.9 Å². The lowest BCUT2D eigenvalue weighted by molar-refractivity contribution is 0.000163. The molecule has 0 radical (unpaired) electrons. The van der Waals surface area contributed by atoms with E-state index in [4.69, 9.17) is 4.74 Å². The molecule has 4 atom stereocenters. The summed E-state index contributed by atoms with van der Waals surface area (Å²) in [6.45, 7) is 0. The Hall–Kier alpha value is -2.20. The lowest BCUT2D eigenvalue weighted by Crippen LogP contribution is -2.29. The van der Waals surface area contributed by atoms with Gasteiger partial charge in [0.25, 0.3) is 0 Å². The minimum absolute atomic E-state index is 0.0898. The van der Waals surface area contributed by atoms with E-state index in [2.05, 4.69) is 42.5 Å². The molecule has 0 saturated carbocycles. The average Bonchev–Trinajstić information content (AvgIpc) is 3.37. The van der Waals surface area contributed by atoms with Crippen LogP contribution in [0.15, 0.2) is 48.5 Å². The molecule has 23 heavy (non-hydrogen) atoms. The Bertz CT molecular complexity index is 1080. The van der Waals surface area contributed by atoms with Crippen LogP contribution in [0.2, 0.25) is 0 Å². The second-order valence-electron chi connectivity index (χ2n) is 6.69. The monoisotopic (exact) mass is 302 g/mol. The summed E-state index contributed by atoms with van der Waals surface area (Å²) in [5.41, 5.74) is 1.86. The molecule has 1 aliphatic carbocycles. The van der Waals surface area contributed by atoms with Gasteiger partial charge in [-0.25, -0.2) is 0 Å². The van der Waals surface area contributed by atoms with Crippen LogP contribution < -0.4 is 0 Å². The van der Waals surface area contributed by atoms with E-state index in [-0.39, 0.29) is 12.2 Å². The zero-order chi connectivity index (χ0) is 15.3. The van der Waals surface area contributed by atoms with Crippen LogP contribution in [0, 0.1) is 0 Å². The molecule has 6 rings (SSSR count). The summed E-state index contributed by atoms with van der Waals surface area (Å²) in [6, 6.07) is 16.9. The van der Waals surface area contributed by atoms with Crippen LogP contribution >= 0.6 is 0 Å². The quantitative estimate of drug-likeness (QED) is 0.386. The van der Waals surface area contributed by atoms with Crippen LogP contribution in [0.5, 0.6) is 0 Å². The molecule has 1 saturated heterocycles. The minimum atomic E-state index is -0.879. The van der Waals surface area contributed by atoms with Gasteiger partial charge in [0.15, 0.2) is 0 Å². The Kier molecular flexibility index (Phi) is 2.03. The predicted octanol–water partition coefficient (Wildman–Crippen LogP) is 3.43. The van der Waals surface area contributed by atoms with Crippen LogP contribution in [0.25, 0.3) is 32.3 Å². The molecule has 1 aliphatic heterocycles. The summed E-state index contributed by atoms with van der Waals surface area (Å²) < 4.78 is 5.67. The molecule has 4 aromatic carbocycles. The summed E-state index contributed by atoms with van der Waals surface area (Å²) in [6.07, 6.45) is -2.07. The molecule has 2 aliphatic rings. The number of aliphatic hydroxyl groups is 2. The largest absolute Gasteiger partial charge is 0.387 e. The van der Waals surface area contributed by atoms with E-state index in [0.29, 0.717) is 0 Å². The van der Waals surface area contributed by atoms with Crippen molar-refractivity contribution in [2.45, 2.75) is 24.4 Å². The number of rotatable bonds is 0. The van der Waals surface area contributed by atoms with Gasteiger partial charge in [-0.1, -0.05) is 42.5 Å². The van der Waals surface area contributed by atoms with E-state index in [1.54, 1.807) is 0 Å². The van der Waals surface area contributed by atoms with E-state index in [1.165, 1.54) is 21.5 Å². The van der Waals surface area contributed by atoms with Crippen molar-refractivity contribution in [1.29, 1.82) is 0 Å². The average molecular weight is 302 g/mol. The second-order valence-corrected chi connectivity index (χ2v) is 6.69. The number of hydrogen-bond donors (Lipinski definition) is 2. The van der Waals surface area contributed by atoms with Crippen molar-refractivity contribution < 1.29 is 14.9 Å². The summed E-state index contributed by atoms with van der Waals surface area (Å²) in [5, 5.41) is 27.8. The van der Waals surface area contributed by atoms with Gasteiger partial charge in [-0.2, -0.15) is 0 Å². The summed E-state index contributed by atoms with van der Waals surface area (Å²) in [7, 11) is 0. The van der Waals surface area contributed by atoms with Crippen molar-refractivity contribution in [3.63, 3.8) is 0 Å². The molecule has 1 heterocycles. The number of aliphatic hydroxyl groups excluding tert-OH is 2. The molecule has 2 unspecified atom stereocenters. The third-order valence-electron chi connectivity index (χ3n) is 5.51. The zero-order valence-corrected chi connectivity index (χ0v) is 12.2. The second kappa shape index (κ2) is 3.82. The molecule has 0 spiro atoms. The molecule has 0 amide bonds. The van der Waals surface area contributed by atoms with Gasteiger partial charge in [-0.15, -0.1) is 0 Å². The Labute approximate surface area is 132 Å². The number of hydrogen-bond acceptors (Lipinski definition) is 3. The molecular formula is C20H14O3. The first kappa shape index (κ1) is 12.3. The van der Waals surface area contributed by atoms with Gasteiger partial charge in [-0.3, -0.25) is 0 Å². The van der Waals surface area contributed by atoms with Crippen LogP contribution in [-0.2, 0) is 4.74 Å². The van der Waals surface area contributed by atoms with Gasteiger partial charge in [-0.05, 0) is 49.5 Å². The molecule has 2 N–H and O–H groups in total. The Morgan fingerprint density at radius 1 is 0.826 bits per heavy atom. The first-order chi connectivity index (χ1) is 11.2. The highest BCUT2D eigenvalue weighted by atomic mass is 16.6. The third kappa shape index (κ3) is 1.36. The first-order valence-electron chi connectivity index (χ1n) is 7.96. The summed E-state index contributed by atoms with van der Waals surface area (Å²) in [4.78, 5) is 0. The van der Waals surface area contributed by atoms with Crippen LogP contribution in [-0.4, -0.2) is 22.4 Å². The van der Waals surface area contributed by atoms with Crippen LogP contribution in [0.3, 0.4) is 0 Å². The molecular weight excluding hydrogens is 288 g/mol. The van der Waals surface area contributed by atoms with Crippen molar-refractivity contribution >= 4 is 32.3 Å². The van der Waals surface area contributed by atoms with E-state index >= 15 is 0 Å². The topological polar surface area (TPSA) is 53.0 Å². The van der Waals surface area contributed by atoms with Gasteiger partial charge in [0, 0.05) is 0 Å². The van der Waals surface area contributed by atoms with E-state index in [9.17, 15) is 10.2 Å². The van der Waals surface area contributed by atoms with Gasteiger partial charge in [0.1, 0.15) is 24.4 Å². The van der Waals surface area contributed by atoms with E-state index < -0.39 is 12.2 Å². The van der Waals surface area contributed by atoms with Crippen LogP contribution in [0.4, 0.5) is 0 Å². The fourth-order valence-corrected chi connectivity index (χ4v) is 4.40. The normalized spacial score (nSPS) is 29.1. The van der Waals surface area contributed by atoms with Crippen molar-refractivity contribution in [3.05, 3.63) is 59.7 Å². The highest BCUT2D eigenvalue weighted by Crippen LogP contribution is 2.54. The van der Waals surface area contributed by atoms with Crippen molar-refractivity contribution in [2.24, 2.45) is 0 Å². The highest BCUT2D eigenvalue weighted by Gasteiger charge is 2.54. The zero-order valence-electron chi connectivity index (χ0n) is 12.2. The summed E-state index contributed by atoms with van der Waals surface area (Å²) in [5.74, 6) is 0. The first-order valence-corrected chi connectivity index (χ1v) is 7.96. The molecule has 3 nitrogen and oxygen atoms in total. The Balaban J connectivity index is 1.86. The maximum absolute atomic E-state index is 10.5. The lowest BCUT2D eigenvalue weighted by Gasteiger charge is -2.25. The SMILES string of the molecule is OC1c2cc3ccc4cccc5ccc(c2[C@@H]2O[C@H]2C1O)c3c45. The number of ether oxygens (including phenoxy) is 1. The molecule has 1 fully saturated rings. The van der Waals surface area contributed by atoms with Gasteiger partial charge < -0.3 is 14.9 Å². The van der Waals surface area contributed by atoms with Gasteiger partial charge in [0.05, 0.1) is 0 Å². The maximum atomic E-state index is 10.5. The number of fused-ring (bicyclic) bond motifs is 4. The minimum Gasteiger partial charge on any atom is -0.387 e. The van der Waals surface area contributed by atoms with Crippen molar-refractivity contribution in [3.8, 4) is 0 Å². The predicted molar refractivity (Wildman–Crippen MR) is 88.7 cm³/mol. The Morgan fingerprint density at radius 2 is 1.57 bits per heavy atom. The summed E-state index contributed by atoms with van der Waals surface area (Å²) >= 11 is 0.